The largest absolute Gasteiger partial charge is 0.330 e. The summed E-state index contributed by atoms with van der Waals surface area (Å²) in [5.41, 5.74) is 5.37. The van der Waals surface area contributed by atoms with Gasteiger partial charge in [-0.1, -0.05) is 0 Å². The first-order valence-corrected chi connectivity index (χ1v) is 4.69. The van der Waals surface area contributed by atoms with Crippen molar-refractivity contribution in [2.24, 2.45) is 5.73 Å². The molecular weight excluding hydrogens is 205 g/mol. The summed E-state index contributed by atoms with van der Waals surface area (Å²) in [6, 6.07) is 1.41. The first-order valence-electron chi connectivity index (χ1n) is 4.69. The highest BCUT2D eigenvalue weighted by Crippen LogP contribution is 2.13. The van der Waals surface area contributed by atoms with E-state index in [-0.39, 0.29) is 12.1 Å². The van der Waals surface area contributed by atoms with Gasteiger partial charge in [-0.2, -0.15) is 0 Å². The summed E-state index contributed by atoms with van der Waals surface area (Å²) in [5.74, 6) is -2.95. The van der Waals surface area contributed by atoms with E-state index >= 15 is 0 Å². The van der Waals surface area contributed by atoms with Crippen LogP contribution in [0.1, 0.15) is 12.0 Å². The Balaban J connectivity index is 2.57. The number of hydrogen-bond acceptors (Lipinski definition) is 2. The molecule has 3 N–H and O–H groups in total. The Labute approximate surface area is 86.3 Å². The van der Waals surface area contributed by atoms with E-state index in [0.717, 1.165) is 12.5 Å². The highest BCUT2D eigenvalue weighted by Gasteiger charge is 2.08. The molecule has 15 heavy (non-hydrogen) atoms. The molecule has 0 fully saturated rings. The van der Waals surface area contributed by atoms with Crippen molar-refractivity contribution >= 4 is 0 Å². The van der Waals surface area contributed by atoms with Gasteiger partial charge in [0.1, 0.15) is 5.82 Å². The molecule has 0 saturated heterocycles. The first-order chi connectivity index (χ1) is 7.15. The third-order valence-corrected chi connectivity index (χ3v) is 1.96. The van der Waals surface area contributed by atoms with Crippen molar-refractivity contribution in [3.8, 4) is 0 Å². The normalized spacial score (nSPS) is 10.7. The summed E-state index contributed by atoms with van der Waals surface area (Å²) in [4.78, 5) is 0. The fraction of sp³-hybridized carbons (Fsp3) is 0.400. The lowest BCUT2D eigenvalue weighted by Gasteiger charge is -2.05. The lowest BCUT2D eigenvalue weighted by Crippen LogP contribution is -2.18. The fourth-order valence-corrected chi connectivity index (χ4v) is 1.15. The van der Waals surface area contributed by atoms with E-state index in [1.807, 2.05) is 0 Å². The predicted molar refractivity (Wildman–Crippen MR) is 51.7 cm³/mol. The van der Waals surface area contributed by atoms with E-state index in [1.165, 1.54) is 0 Å². The summed E-state index contributed by atoms with van der Waals surface area (Å²) in [7, 11) is 0. The molecule has 0 amide bonds. The van der Waals surface area contributed by atoms with Gasteiger partial charge in [-0.25, -0.2) is 13.2 Å². The Morgan fingerprint density at radius 3 is 2.40 bits per heavy atom. The summed E-state index contributed by atoms with van der Waals surface area (Å²) >= 11 is 0. The zero-order valence-electron chi connectivity index (χ0n) is 8.19. The second-order valence-electron chi connectivity index (χ2n) is 3.18. The maximum atomic E-state index is 13.1. The molecule has 0 radical (unpaired) electrons. The third-order valence-electron chi connectivity index (χ3n) is 1.96. The van der Waals surface area contributed by atoms with Crippen LogP contribution >= 0.6 is 0 Å². The van der Waals surface area contributed by atoms with Crippen LogP contribution in [0.2, 0.25) is 0 Å². The van der Waals surface area contributed by atoms with Crippen molar-refractivity contribution in [1.29, 1.82) is 0 Å². The molecule has 5 heteroatoms. The van der Waals surface area contributed by atoms with E-state index in [9.17, 15) is 13.2 Å². The maximum absolute atomic E-state index is 13.1. The van der Waals surface area contributed by atoms with Crippen molar-refractivity contribution in [2.75, 3.05) is 13.1 Å². The molecule has 1 rings (SSSR count). The molecule has 0 spiro atoms. The van der Waals surface area contributed by atoms with Crippen LogP contribution < -0.4 is 11.1 Å². The minimum absolute atomic E-state index is 0.117. The van der Waals surface area contributed by atoms with E-state index < -0.39 is 17.5 Å². The Morgan fingerprint density at radius 2 is 1.73 bits per heavy atom. The molecule has 0 heterocycles. The predicted octanol–water partition coefficient (Wildman–Crippen LogP) is 1.54. The van der Waals surface area contributed by atoms with Crippen LogP contribution in [0.3, 0.4) is 0 Å². The highest BCUT2D eigenvalue weighted by atomic mass is 19.2. The molecule has 2 nitrogen and oxygen atoms in total. The number of nitrogens with two attached hydrogens (primary N) is 1. The zero-order valence-corrected chi connectivity index (χ0v) is 8.19. The molecule has 1 aromatic rings. The van der Waals surface area contributed by atoms with E-state index in [0.29, 0.717) is 19.2 Å². The number of benzene rings is 1. The molecule has 0 saturated carbocycles. The van der Waals surface area contributed by atoms with Gasteiger partial charge < -0.3 is 11.1 Å². The van der Waals surface area contributed by atoms with E-state index in [4.69, 9.17) is 5.73 Å². The summed E-state index contributed by atoms with van der Waals surface area (Å²) in [6.45, 7) is 1.32. The first kappa shape index (κ1) is 12.0. The van der Waals surface area contributed by atoms with Crippen LogP contribution in [0, 0.1) is 17.5 Å². The van der Waals surface area contributed by atoms with Gasteiger partial charge in [0.05, 0.1) is 0 Å². The number of halogens is 3. The van der Waals surface area contributed by atoms with Gasteiger partial charge in [-0.15, -0.1) is 0 Å². The van der Waals surface area contributed by atoms with Crippen LogP contribution in [-0.2, 0) is 6.54 Å². The van der Waals surface area contributed by atoms with Crippen LogP contribution in [0.4, 0.5) is 13.2 Å². The maximum Gasteiger partial charge on any atom is 0.161 e. The van der Waals surface area contributed by atoms with Crippen molar-refractivity contribution in [3.63, 3.8) is 0 Å². The number of hydrogen-bond donors (Lipinski definition) is 2. The topological polar surface area (TPSA) is 38.0 Å². The summed E-state index contributed by atoms with van der Waals surface area (Å²) in [5, 5.41) is 2.88. The standard InChI is InChI=1S/C10H13F3N2/c11-8-5-10(13)9(12)4-7(8)6-15-3-1-2-14/h4-5,15H,1-3,6,14H2. The van der Waals surface area contributed by atoms with Crippen LogP contribution in [0.25, 0.3) is 0 Å². The Kier molecular flexibility index (Phi) is 4.58. The average molecular weight is 218 g/mol. The average Bonchev–Trinajstić information content (AvgIpc) is 2.20. The Hall–Kier alpha value is -1.07. The van der Waals surface area contributed by atoms with Crippen LogP contribution in [0.15, 0.2) is 12.1 Å². The van der Waals surface area contributed by atoms with E-state index in [1.54, 1.807) is 0 Å². The Morgan fingerprint density at radius 1 is 1.07 bits per heavy atom. The van der Waals surface area contributed by atoms with E-state index in [2.05, 4.69) is 5.32 Å². The molecule has 0 atom stereocenters. The van der Waals surface area contributed by atoms with Gasteiger partial charge in [-0.05, 0) is 25.6 Å². The molecule has 0 aliphatic carbocycles. The van der Waals surface area contributed by atoms with Gasteiger partial charge in [0.2, 0.25) is 0 Å². The summed E-state index contributed by atoms with van der Waals surface area (Å²) in [6.07, 6.45) is 0.755. The second kappa shape index (κ2) is 5.72. The third kappa shape index (κ3) is 3.53. The molecular formula is C10H13F3N2. The molecule has 1 aromatic carbocycles. The molecule has 84 valence electrons. The quantitative estimate of drug-likeness (QED) is 0.581. The van der Waals surface area contributed by atoms with Crippen molar-refractivity contribution in [2.45, 2.75) is 13.0 Å². The smallest absolute Gasteiger partial charge is 0.161 e. The van der Waals surface area contributed by atoms with Crippen molar-refractivity contribution in [1.82, 2.24) is 5.32 Å². The number of rotatable bonds is 5. The SMILES string of the molecule is NCCCNCc1cc(F)c(F)cc1F. The van der Waals surface area contributed by atoms with Gasteiger partial charge >= 0.3 is 0 Å². The van der Waals surface area contributed by atoms with Gasteiger partial charge in [0.25, 0.3) is 0 Å². The minimum Gasteiger partial charge on any atom is -0.330 e. The lowest BCUT2D eigenvalue weighted by molar-refractivity contribution is 0.486. The van der Waals surface area contributed by atoms with Gasteiger partial charge in [0.15, 0.2) is 11.6 Å². The molecule has 0 aliphatic rings. The second-order valence-corrected chi connectivity index (χ2v) is 3.18. The van der Waals surface area contributed by atoms with Crippen molar-refractivity contribution < 1.29 is 13.2 Å². The van der Waals surface area contributed by atoms with Gasteiger partial charge in [-0.3, -0.25) is 0 Å². The van der Waals surface area contributed by atoms with Crippen LogP contribution in [-0.4, -0.2) is 13.1 Å². The molecule has 0 unspecified atom stereocenters. The minimum atomic E-state index is -1.17. The Bertz CT molecular complexity index is 329. The number of nitrogens with one attached hydrogen (secondary N) is 1. The monoisotopic (exact) mass is 218 g/mol. The fourth-order valence-electron chi connectivity index (χ4n) is 1.15. The van der Waals surface area contributed by atoms with Crippen LogP contribution in [0.5, 0.6) is 0 Å². The lowest BCUT2D eigenvalue weighted by atomic mass is 10.2. The molecule has 0 bridgehead atoms. The van der Waals surface area contributed by atoms with Crippen molar-refractivity contribution in [3.05, 3.63) is 35.1 Å². The summed E-state index contributed by atoms with van der Waals surface area (Å²) < 4.78 is 38.4. The molecule has 0 aliphatic heterocycles. The molecule has 0 aromatic heterocycles. The van der Waals surface area contributed by atoms with Gasteiger partial charge in [0, 0.05) is 18.2 Å². The highest BCUT2D eigenvalue weighted by molar-refractivity contribution is 5.19. The zero-order chi connectivity index (χ0) is 11.3.